The van der Waals surface area contributed by atoms with E-state index in [4.69, 9.17) is 5.73 Å². The molecule has 0 aliphatic heterocycles. The van der Waals surface area contributed by atoms with Crippen LogP contribution in [0.15, 0.2) is 12.1 Å². The van der Waals surface area contributed by atoms with Gasteiger partial charge in [0, 0.05) is 37.7 Å². The average molecular weight is 359 g/mol. The fourth-order valence-electron chi connectivity index (χ4n) is 2.50. The van der Waals surface area contributed by atoms with Gasteiger partial charge in [-0.15, -0.1) is 0 Å². The van der Waals surface area contributed by atoms with Crippen molar-refractivity contribution in [2.24, 2.45) is 5.73 Å². The van der Waals surface area contributed by atoms with Crippen LogP contribution in [0.2, 0.25) is 0 Å². The molecule has 0 fully saturated rings. The molecule has 0 aliphatic rings. The molecule has 0 saturated heterocycles. The third-order valence-corrected chi connectivity index (χ3v) is 3.76. The first-order chi connectivity index (χ1) is 11.8. The molecule has 0 aromatic heterocycles. The van der Waals surface area contributed by atoms with Crippen LogP contribution in [0.5, 0.6) is 0 Å². The van der Waals surface area contributed by atoms with Gasteiger partial charge in [-0.2, -0.15) is 0 Å². The average Bonchev–Trinajstić information content (AvgIpc) is 2.51. The Labute approximate surface area is 145 Å². The fourth-order valence-corrected chi connectivity index (χ4v) is 2.50. The van der Waals surface area contributed by atoms with Crippen molar-refractivity contribution in [3.63, 3.8) is 0 Å². The Morgan fingerprint density at radius 1 is 1.24 bits per heavy atom. The molecule has 25 heavy (non-hydrogen) atoms. The molecular formula is C17H24F3N3O2. The summed E-state index contributed by atoms with van der Waals surface area (Å²) < 4.78 is 39.8. The maximum Gasteiger partial charge on any atom is 0.224 e. The Bertz CT molecular complexity index is 597. The minimum atomic E-state index is -1.26. The van der Waals surface area contributed by atoms with Crippen molar-refractivity contribution in [3.8, 4) is 0 Å². The number of rotatable bonds is 10. The lowest BCUT2D eigenvalue weighted by atomic mass is 10.0. The molecule has 1 atom stereocenters. The van der Waals surface area contributed by atoms with Crippen LogP contribution in [0.1, 0.15) is 32.3 Å². The summed E-state index contributed by atoms with van der Waals surface area (Å²) in [6.45, 7) is 4.60. The molecule has 2 amide bonds. The quantitative estimate of drug-likeness (QED) is 0.380. The second-order valence-corrected chi connectivity index (χ2v) is 6.13. The van der Waals surface area contributed by atoms with Crippen molar-refractivity contribution < 1.29 is 22.8 Å². The van der Waals surface area contributed by atoms with E-state index in [-0.39, 0.29) is 30.4 Å². The van der Waals surface area contributed by atoms with Gasteiger partial charge in [-0.05, 0) is 38.3 Å². The largest absolute Gasteiger partial charge is 0.359 e. The molecule has 0 heterocycles. The monoisotopic (exact) mass is 359 g/mol. The van der Waals surface area contributed by atoms with E-state index >= 15 is 0 Å². The first-order valence-corrected chi connectivity index (χ1v) is 8.11. The van der Waals surface area contributed by atoms with Crippen LogP contribution in [0, 0.1) is 17.5 Å². The molecule has 0 bridgehead atoms. The maximum atomic E-state index is 13.7. The van der Waals surface area contributed by atoms with Crippen molar-refractivity contribution in [3.05, 3.63) is 35.1 Å². The smallest absolute Gasteiger partial charge is 0.224 e. The summed E-state index contributed by atoms with van der Waals surface area (Å²) in [7, 11) is 0. The highest BCUT2D eigenvalue weighted by Gasteiger charge is 2.21. The summed E-state index contributed by atoms with van der Waals surface area (Å²) in [4.78, 5) is 24.2. The van der Waals surface area contributed by atoms with Crippen LogP contribution in [-0.4, -0.2) is 42.4 Å². The summed E-state index contributed by atoms with van der Waals surface area (Å²) in [5, 5.41) is 2.52. The van der Waals surface area contributed by atoms with Crippen molar-refractivity contribution in [1.82, 2.24) is 10.2 Å². The fraction of sp³-hybridized carbons (Fsp3) is 0.529. The number of nitrogens with one attached hydrogen (secondary N) is 1. The molecule has 3 N–H and O–H groups in total. The number of hydrogen-bond acceptors (Lipinski definition) is 3. The van der Waals surface area contributed by atoms with Gasteiger partial charge in [0.25, 0.3) is 0 Å². The standard InChI is InChI=1S/C17H24F3N3O2/c1-11(2)23(5-3-4-22-10-24)17(25)8-13(21)6-12-7-15(19)16(20)9-14(12)18/h7,9-11,13H,3-6,8,21H2,1-2H3,(H,22,24)/t13-/m1/s1. The highest BCUT2D eigenvalue weighted by atomic mass is 19.2. The Kier molecular flexibility index (Phi) is 8.40. The number of nitrogens with zero attached hydrogens (tertiary/aromatic N) is 1. The summed E-state index contributed by atoms with van der Waals surface area (Å²) in [5.74, 6) is -3.51. The Balaban J connectivity index is 2.64. The molecule has 0 spiro atoms. The van der Waals surface area contributed by atoms with Gasteiger partial charge < -0.3 is 16.0 Å². The van der Waals surface area contributed by atoms with Crippen molar-refractivity contribution in [2.75, 3.05) is 13.1 Å². The normalized spacial score (nSPS) is 12.1. The van der Waals surface area contributed by atoms with Gasteiger partial charge in [0.1, 0.15) is 5.82 Å². The molecule has 5 nitrogen and oxygen atoms in total. The number of nitrogens with two attached hydrogens (primary N) is 1. The first-order valence-electron chi connectivity index (χ1n) is 8.11. The van der Waals surface area contributed by atoms with Crippen molar-refractivity contribution in [2.45, 2.75) is 45.2 Å². The second kappa shape index (κ2) is 10.0. The SMILES string of the molecule is CC(C)N(CCCNC=O)C(=O)C[C@H](N)Cc1cc(F)c(F)cc1F. The van der Waals surface area contributed by atoms with Crippen LogP contribution >= 0.6 is 0 Å². The second-order valence-electron chi connectivity index (χ2n) is 6.13. The van der Waals surface area contributed by atoms with E-state index in [9.17, 15) is 22.8 Å². The summed E-state index contributed by atoms with van der Waals surface area (Å²) in [5.41, 5.74) is 5.82. The van der Waals surface area contributed by atoms with Crippen LogP contribution in [-0.2, 0) is 16.0 Å². The zero-order chi connectivity index (χ0) is 19.0. The van der Waals surface area contributed by atoms with Crippen molar-refractivity contribution in [1.29, 1.82) is 0 Å². The Morgan fingerprint density at radius 3 is 2.48 bits per heavy atom. The predicted octanol–water partition coefficient (Wildman–Crippen LogP) is 1.74. The molecule has 1 aromatic carbocycles. The summed E-state index contributed by atoms with van der Waals surface area (Å²) in [6.07, 6.45) is 1.06. The van der Waals surface area contributed by atoms with Gasteiger partial charge in [0.15, 0.2) is 11.6 Å². The molecule has 1 rings (SSSR count). The lowest BCUT2D eigenvalue weighted by molar-refractivity contribution is -0.133. The Hall–Kier alpha value is -2.09. The highest BCUT2D eigenvalue weighted by Crippen LogP contribution is 2.16. The molecule has 0 aliphatic carbocycles. The maximum absolute atomic E-state index is 13.7. The Morgan fingerprint density at radius 2 is 1.88 bits per heavy atom. The van der Waals surface area contributed by atoms with E-state index in [1.807, 2.05) is 13.8 Å². The van der Waals surface area contributed by atoms with Gasteiger partial charge in [-0.1, -0.05) is 0 Å². The first kappa shape index (κ1) is 21.0. The lowest BCUT2D eigenvalue weighted by Gasteiger charge is -2.28. The zero-order valence-electron chi connectivity index (χ0n) is 14.4. The molecule has 0 unspecified atom stereocenters. The highest BCUT2D eigenvalue weighted by molar-refractivity contribution is 5.77. The number of halogens is 3. The number of carbonyl (C=O) groups is 2. The van der Waals surface area contributed by atoms with E-state index in [1.165, 1.54) is 0 Å². The molecule has 140 valence electrons. The van der Waals surface area contributed by atoms with E-state index < -0.39 is 23.5 Å². The van der Waals surface area contributed by atoms with Crippen LogP contribution in [0.4, 0.5) is 13.2 Å². The minimum absolute atomic E-state index is 0.0439. The minimum Gasteiger partial charge on any atom is -0.359 e. The van der Waals surface area contributed by atoms with E-state index in [2.05, 4.69) is 5.32 Å². The number of carbonyl (C=O) groups excluding carboxylic acids is 2. The third-order valence-electron chi connectivity index (χ3n) is 3.76. The topological polar surface area (TPSA) is 75.4 Å². The molecule has 8 heteroatoms. The van der Waals surface area contributed by atoms with E-state index in [0.717, 1.165) is 6.07 Å². The molecule has 0 saturated carbocycles. The van der Waals surface area contributed by atoms with Gasteiger partial charge in [0.2, 0.25) is 12.3 Å². The third kappa shape index (κ3) is 6.74. The summed E-state index contributed by atoms with van der Waals surface area (Å²) >= 11 is 0. The van der Waals surface area contributed by atoms with E-state index in [1.54, 1.807) is 4.90 Å². The van der Waals surface area contributed by atoms with Gasteiger partial charge in [-0.3, -0.25) is 9.59 Å². The van der Waals surface area contributed by atoms with Crippen LogP contribution < -0.4 is 11.1 Å². The predicted molar refractivity (Wildman–Crippen MR) is 88.1 cm³/mol. The van der Waals surface area contributed by atoms with E-state index in [0.29, 0.717) is 32.0 Å². The molecular weight excluding hydrogens is 335 g/mol. The number of benzene rings is 1. The summed E-state index contributed by atoms with van der Waals surface area (Å²) in [6, 6.07) is 0.456. The zero-order valence-corrected chi connectivity index (χ0v) is 14.4. The van der Waals surface area contributed by atoms with Crippen molar-refractivity contribution >= 4 is 12.3 Å². The lowest BCUT2D eigenvalue weighted by Crippen LogP contribution is -2.42. The number of amides is 2. The van der Waals surface area contributed by atoms with Crippen LogP contribution in [0.3, 0.4) is 0 Å². The van der Waals surface area contributed by atoms with Gasteiger partial charge >= 0.3 is 0 Å². The van der Waals surface area contributed by atoms with Gasteiger partial charge in [-0.25, -0.2) is 13.2 Å². The number of hydrogen-bond donors (Lipinski definition) is 2. The molecule has 1 aromatic rings. The van der Waals surface area contributed by atoms with Crippen LogP contribution in [0.25, 0.3) is 0 Å². The molecule has 0 radical (unpaired) electrons. The van der Waals surface area contributed by atoms with Gasteiger partial charge in [0.05, 0.1) is 0 Å².